The molecule has 3 heterocycles. The van der Waals surface area contributed by atoms with Crippen molar-refractivity contribution in [3.8, 4) is 0 Å². The highest BCUT2D eigenvalue weighted by Crippen LogP contribution is 2.36. The van der Waals surface area contributed by atoms with Gasteiger partial charge in [-0.05, 0) is 38.8 Å². The molecule has 2 atom stereocenters. The number of aliphatic hydroxyl groups is 1. The molecule has 1 aromatic carbocycles. The van der Waals surface area contributed by atoms with Gasteiger partial charge in [0.2, 0.25) is 0 Å². The highest BCUT2D eigenvalue weighted by Gasteiger charge is 2.45. The normalized spacial score (nSPS) is 22.1. The molecule has 1 amide bonds. The molecule has 0 aliphatic carbocycles. The molecule has 0 saturated carbocycles. The minimum absolute atomic E-state index is 0.103. The number of benzene rings is 1. The summed E-state index contributed by atoms with van der Waals surface area (Å²) in [5, 5.41) is 17.3. The molecular formula is C23H28N4O2S. The van der Waals surface area contributed by atoms with Crippen molar-refractivity contribution in [3.63, 3.8) is 0 Å². The van der Waals surface area contributed by atoms with Crippen molar-refractivity contribution in [3.05, 3.63) is 71.5 Å². The van der Waals surface area contributed by atoms with E-state index in [9.17, 15) is 9.90 Å². The topological polar surface area (TPSA) is 70.4 Å². The van der Waals surface area contributed by atoms with Crippen molar-refractivity contribution in [2.24, 2.45) is 0 Å². The van der Waals surface area contributed by atoms with Gasteiger partial charge in [-0.1, -0.05) is 30.3 Å². The Hall–Kier alpha value is -2.64. The highest BCUT2D eigenvalue weighted by molar-refractivity contribution is 7.13. The maximum absolute atomic E-state index is 13.2. The van der Waals surface area contributed by atoms with Crippen LogP contribution in [0.25, 0.3) is 0 Å². The van der Waals surface area contributed by atoms with E-state index < -0.39 is 11.6 Å². The molecule has 0 unspecified atom stereocenters. The Balaban J connectivity index is 1.63. The van der Waals surface area contributed by atoms with Gasteiger partial charge < -0.3 is 19.9 Å². The van der Waals surface area contributed by atoms with E-state index in [1.165, 1.54) is 0 Å². The molecule has 1 fully saturated rings. The zero-order valence-electron chi connectivity index (χ0n) is 17.6. The molecule has 1 aliphatic rings. The van der Waals surface area contributed by atoms with E-state index in [-0.39, 0.29) is 11.4 Å². The lowest BCUT2D eigenvalue weighted by Gasteiger charge is -2.46. The van der Waals surface area contributed by atoms with Crippen LogP contribution in [0.1, 0.15) is 43.1 Å². The quantitative estimate of drug-likeness (QED) is 0.671. The molecule has 158 valence electrons. The van der Waals surface area contributed by atoms with E-state index in [1.807, 2.05) is 58.7 Å². The van der Waals surface area contributed by atoms with Crippen LogP contribution in [0.3, 0.4) is 0 Å². The van der Waals surface area contributed by atoms with Crippen LogP contribution in [0.2, 0.25) is 0 Å². The second-order valence-corrected chi connectivity index (χ2v) is 9.67. The van der Waals surface area contributed by atoms with Gasteiger partial charge >= 0.3 is 0 Å². The fourth-order valence-corrected chi connectivity index (χ4v) is 4.67. The lowest BCUT2D eigenvalue weighted by Crippen LogP contribution is -2.62. The number of nitrogens with one attached hydrogen (secondary N) is 1. The van der Waals surface area contributed by atoms with Crippen molar-refractivity contribution in [1.82, 2.24) is 14.9 Å². The van der Waals surface area contributed by atoms with Crippen molar-refractivity contribution < 1.29 is 9.90 Å². The second kappa shape index (κ2) is 7.89. The molecule has 0 radical (unpaired) electrons. The number of β-amino-alcohol motifs (C(OH)–C–C–N with tert-alkyl or cyclic N) is 1. The Morgan fingerprint density at radius 2 is 2.03 bits per heavy atom. The molecule has 1 aliphatic heterocycles. The van der Waals surface area contributed by atoms with Gasteiger partial charge in [0.15, 0.2) is 5.13 Å². The molecule has 6 nitrogen and oxygen atoms in total. The van der Waals surface area contributed by atoms with Gasteiger partial charge in [-0.15, -0.1) is 11.3 Å². The van der Waals surface area contributed by atoms with Crippen LogP contribution in [0.5, 0.6) is 0 Å². The van der Waals surface area contributed by atoms with Crippen LogP contribution in [0.4, 0.5) is 5.13 Å². The molecule has 4 rings (SSSR count). The predicted molar refractivity (Wildman–Crippen MR) is 120 cm³/mol. The maximum Gasteiger partial charge on any atom is 0.253 e. The third-order valence-electron chi connectivity index (χ3n) is 5.78. The summed E-state index contributed by atoms with van der Waals surface area (Å²) in [6, 6.07) is 11.6. The zero-order valence-corrected chi connectivity index (χ0v) is 18.4. The van der Waals surface area contributed by atoms with Gasteiger partial charge in [-0.2, -0.15) is 0 Å². The predicted octanol–water partition coefficient (Wildman–Crippen LogP) is 3.60. The average Bonchev–Trinajstić information content (AvgIpc) is 3.42. The molecule has 7 heteroatoms. The van der Waals surface area contributed by atoms with E-state index >= 15 is 0 Å². The average molecular weight is 425 g/mol. The van der Waals surface area contributed by atoms with Gasteiger partial charge in [0, 0.05) is 42.6 Å². The number of rotatable bonds is 4. The third-order valence-corrected chi connectivity index (χ3v) is 6.62. The molecule has 2 N–H and O–H groups in total. The number of thiazole rings is 1. The van der Waals surface area contributed by atoms with Crippen molar-refractivity contribution in [2.75, 3.05) is 18.0 Å². The zero-order chi connectivity index (χ0) is 21.4. The molecule has 0 spiro atoms. The van der Waals surface area contributed by atoms with E-state index in [1.54, 1.807) is 17.5 Å². The SMILES string of the molecule is CC(C)(C)n1ccc(C(=O)N[C@@]2(c3ccccc3)CCN(c3nccs3)C[C@H]2O)c1. The van der Waals surface area contributed by atoms with Crippen LogP contribution < -0.4 is 10.2 Å². The Bertz CT molecular complexity index is 994. The minimum atomic E-state index is -0.851. The van der Waals surface area contributed by atoms with Crippen molar-refractivity contribution >= 4 is 22.4 Å². The highest BCUT2D eigenvalue weighted by atomic mass is 32.1. The molecule has 30 heavy (non-hydrogen) atoms. The lowest BCUT2D eigenvalue weighted by molar-refractivity contribution is 0.0366. The fraction of sp³-hybridized carbons (Fsp3) is 0.391. The van der Waals surface area contributed by atoms with Gasteiger partial charge in [-0.25, -0.2) is 4.98 Å². The molecule has 1 saturated heterocycles. The summed E-state index contributed by atoms with van der Waals surface area (Å²) < 4.78 is 2.03. The summed E-state index contributed by atoms with van der Waals surface area (Å²) in [7, 11) is 0. The number of aromatic nitrogens is 2. The standard InChI is InChI=1S/C23H28N4O2S/c1-22(2,3)27-12-9-17(15-27)20(29)25-23(18-7-5-4-6-8-18)10-13-26(16-19(23)28)21-24-11-14-30-21/h4-9,11-12,14-15,19,28H,10,13,16H2,1-3H3,(H,25,29)/t19-,23-/m1/s1. The first-order valence-electron chi connectivity index (χ1n) is 10.2. The summed E-state index contributed by atoms with van der Waals surface area (Å²) in [6.07, 6.45) is 5.37. The fourth-order valence-electron chi connectivity index (χ4n) is 3.99. The Morgan fingerprint density at radius 3 is 2.63 bits per heavy atom. The van der Waals surface area contributed by atoms with Crippen LogP contribution >= 0.6 is 11.3 Å². The first-order chi connectivity index (χ1) is 14.3. The van der Waals surface area contributed by atoms with Gasteiger partial charge in [-0.3, -0.25) is 4.79 Å². The van der Waals surface area contributed by atoms with Gasteiger partial charge in [0.1, 0.15) is 0 Å². The number of carbonyl (C=O) groups excluding carboxylic acids is 1. The van der Waals surface area contributed by atoms with E-state index in [4.69, 9.17) is 0 Å². The van der Waals surface area contributed by atoms with Gasteiger partial charge in [0.25, 0.3) is 5.91 Å². The Morgan fingerprint density at radius 1 is 1.27 bits per heavy atom. The van der Waals surface area contributed by atoms with E-state index in [2.05, 4.69) is 36.0 Å². The first kappa shape index (κ1) is 20.6. The van der Waals surface area contributed by atoms with Crippen LogP contribution in [0.15, 0.2) is 60.4 Å². The van der Waals surface area contributed by atoms with Crippen molar-refractivity contribution in [1.29, 1.82) is 0 Å². The number of hydrogen-bond acceptors (Lipinski definition) is 5. The summed E-state index contributed by atoms with van der Waals surface area (Å²) in [5.41, 5.74) is 0.555. The third kappa shape index (κ3) is 3.87. The summed E-state index contributed by atoms with van der Waals surface area (Å²) in [5.74, 6) is -0.177. The Kier molecular flexibility index (Phi) is 5.42. The summed E-state index contributed by atoms with van der Waals surface area (Å²) in [6.45, 7) is 7.39. The van der Waals surface area contributed by atoms with Gasteiger partial charge in [0.05, 0.1) is 17.2 Å². The number of amides is 1. The van der Waals surface area contributed by atoms with Crippen molar-refractivity contribution in [2.45, 2.75) is 44.4 Å². The largest absolute Gasteiger partial charge is 0.388 e. The number of hydrogen-bond donors (Lipinski definition) is 2. The first-order valence-corrected chi connectivity index (χ1v) is 11.1. The monoisotopic (exact) mass is 424 g/mol. The summed E-state index contributed by atoms with van der Waals surface area (Å²) >= 11 is 1.56. The smallest absolute Gasteiger partial charge is 0.253 e. The van der Waals surface area contributed by atoms with Crippen LogP contribution in [-0.2, 0) is 11.1 Å². The van der Waals surface area contributed by atoms with E-state index in [0.717, 1.165) is 10.7 Å². The number of piperidine rings is 1. The second-order valence-electron chi connectivity index (χ2n) is 8.80. The summed E-state index contributed by atoms with van der Waals surface area (Å²) in [4.78, 5) is 19.7. The molecule has 3 aromatic rings. The molecular weight excluding hydrogens is 396 g/mol. The van der Waals surface area contributed by atoms with Crippen LogP contribution in [-0.4, -0.2) is 39.8 Å². The van der Waals surface area contributed by atoms with E-state index in [0.29, 0.717) is 25.1 Å². The number of nitrogens with zero attached hydrogens (tertiary/aromatic N) is 3. The maximum atomic E-state index is 13.2. The number of carbonyl (C=O) groups is 1. The Labute approximate surface area is 181 Å². The number of aliphatic hydroxyl groups excluding tert-OH is 1. The molecule has 2 aromatic heterocycles. The minimum Gasteiger partial charge on any atom is -0.388 e. The van der Waals surface area contributed by atoms with Crippen LogP contribution in [0, 0.1) is 0 Å². The number of anilines is 1. The lowest BCUT2D eigenvalue weighted by atomic mass is 9.78. The molecule has 0 bridgehead atoms.